The fourth-order valence-corrected chi connectivity index (χ4v) is 3.49. The first-order chi connectivity index (χ1) is 11.0. The van der Waals surface area contributed by atoms with Crippen LogP contribution in [0.4, 0.5) is 5.69 Å². The van der Waals surface area contributed by atoms with Crippen molar-refractivity contribution in [3.8, 4) is 0 Å². The molecule has 0 spiro atoms. The molecule has 5 heteroatoms. The maximum Gasteiger partial charge on any atom is 0.257 e. The number of carbonyl (C=O) groups is 1. The van der Waals surface area contributed by atoms with Crippen molar-refractivity contribution < 1.29 is 4.79 Å². The summed E-state index contributed by atoms with van der Waals surface area (Å²) in [6.07, 6.45) is 6.03. The lowest BCUT2D eigenvalue weighted by Crippen LogP contribution is -2.42. The van der Waals surface area contributed by atoms with Crippen LogP contribution in [-0.2, 0) is 7.05 Å². The third-order valence-corrected chi connectivity index (χ3v) is 4.92. The summed E-state index contributed by atoms with van der Waals surface area (Å²) in [6.45, 7) is 2.15. The van der Waals surface area contributed by atoms with Crippen molar-refractivity contribution in [1.29, 1.82) is 0 Å². The highest BCUT2D eigenvalue weighted by Gasteiger charge is 2.25. The average Bonchev–Trinajstić information content (AvgIpc) is 2.53. The van der Waals surface area contributed by atoms with E-state index in [2.05, 4.69) is 12.2 Å². The lowest BCUT2D eigenvalue weighted by atomic mass is 9.86. The standard InChI is InChI=1S/C18H23N3O2/c1-11-6-3-4-8-14(11)20-18(23)12-10-21(2)15-9-5-7-13(19)16(15)17(12)22/h5,7,9-11,14H,3-4,6,8,19H2,1-2H3,(H,20,23). The van der Waals surface area contributed by atoms with Crippen LogP contribution < -0.4 is 16.5 Å². The van der Waals surface area contributed by atoms with E-state index in [-0.39, 0.29) is 22.9 Å². The number of carbonyl (C=O) groups excluding carboxylic acids is 1. The van der Waals surface area contributed by atoms with Crippen LogP contribution in [0.2, 0.25) is 0 Å². The second kappa shape index (κ2) is 6.07. The van der Waals surface area contributed by atoms with Gasteiger partial charge in [0.2, 0.25) is 5.43 Å². The normalized spacial score (nSPS) is 21.3. The number of aromatic nitrogens is 1. The van der Waals surface area contributed by atoms with Gasteiger partial charge >= 0.3 is 0 Å². The summed E-state index contributed by atoms with van der Waals surface area (Å²) in [7, 11) is 1.82. The average molecular weight is 313 g/mol. The van der Waals surface area contributed by atoms with Crippen LogP contribution in [0.25, 0.3) is 10.9 Å². The number of hydrogen-bond acceptors (Lipinski definition) is 3. The number of aryl methyl sites for hydroxylation is 1. The first kappa shape index (κ1) is 15.6. The summed E-state index contributed by atoms with van der Waals surface area (Å²) in [4.78, 5) is 25.3. The zero-order valence-corrected chi connectivity index (χ0v) is 13.6. The van der Waals surface area contributed by atoms with Gasteiger partial charge in [0.15, 0.2) is 0 Å². The molecule has 3 N–H and O–H groups in total. The van der Waals surface area contributed by atoms with Gasteiger partial charge in [0.25, 0.3) is 5.91 Å². The van der Waals surface area contributed by atoms with Crippen LogP contribution >= 0.6 is 0 Å². The molecule has 3 rings (SSSR count). The minimum Gasteiger partial charge on any atom is -0.398 e. The highest BCUT2D eigenvalue weighted by atomic mass is 16.2. The Hall–Kier alpha value is -2.30. The summed E-state index contributed by atoms with van der Waals surface area (Å²) in [5.74, 6) is 0.150. The van der Waals surface area contributed by atoms with Gasteiger partial charge in [-0.1, -0.05) is 25.8 Å². The van der Waals surface area contributed by atoms with Crippen molar-refractivity contribution in [2.75, 3.05) is 5.73 Å². The third kappa shape index (κ3) is 2.83. The Labute approximate surface area is 135 Å². The highest BCUT2D eigenvalue weighted by Crippen LogP contribution is 2.24. The topological polar surface area (TPSA) is 77.1 Å². The number of nitrogens with two attached hydrogens (primary N) is 1. The predicted molar refractivity (Wildman–Crippen MR) is 92.5 cm³/mol. The number of anilines is 1. The Bertz CT molecular complexity index is 810. The quantitative estimate of drug-likeness (QED) is 0.836. The molecular formula is C18H23N3O2. The first-order valence-electron chi connectivity index (χ1n) is 8.17. The Kier molecular flexibility index (Phi) is 4.11. The number of hydrogen-bond donors (Lipinski definition) is 2. The van der Waals surface area contributed by atoms with Crippen molar-refractivity contribution in [3.63, 3.8) is 0 Å². The molecule has 23 heavy (non-hydrogen) atoms. The molecule has 1 aliphatic carbocycles. The predicted octanol–water partition coefficient (Wildman–Crippen LogP) is 2.43. The van der Waals surface area contributed by atoms with Crippen molar-refractivity contribution in [1.82, 2.24) is 9.88 Å². The maximum absolute atomic E-state index is 12.7. The fourth-order valence-electron chi connectivity index (χ4n) is 3.49. The molecule has 2 aromatic rings. The number of pyridine rings is 1. The number of rotatable bonds is 2. The molecule has 0 radical (unpaired) electrons. The van der Waals surface area contributed by atoms with Gasteiger partial charge in [-0.05, 0) is 30.9 Å². The molecule has 1 amide bonds. The van der Waals surface area contributed by atoms with Crippen LogP contribution in [0, 0.1) is 5.92 Å². The minimum absolute atomic E-state index is 0.143. The van der Waals surface area contributed by atoms with Gasteiger partial charge in [-0.3, -0.25) is 9.59 Å². The SMILES string of the molecule is CC1CCCCC1NC(=O)c1cn(C)c2cccc(N)c2c1=O. The third-order valence-electron chi connectivity index (χ3n) is 4.92. The Morgan fingerprint density at radius 1 is 1.30 bits per heavy atom. The lowest BCUT2D eigenvalue weighted by molar-refractivity contribution is 0.0908. The molecule has 2 unspecified atom stereocenters. The molecule has 122 valence electrons. The van der Waals surface area contributed by atoms with Crippen molar-refractivity contribution in [2.45, 2.75) is 38.6 Å². The van der Waals surface area contributed by atoms with Crippen LogP contribution in [0.3, 0.4) is 0 Å². The van der Waals surface area contributed by atoms with E-state index in [1.807, 2.05) is 13.1 Å². The number of nitrogen functional groups attached to an aromatic ring is 1. The molecule has 1 aromatic heterocycles. The largest absolute Gasteiger partial charge is 0.398 e. The highest BCUT2D eigenvalue weighted by molar-refractivity contribution is 6.00. The molecule has 1 aromatic carbocycles. The van der Waals surface area contributed by atoms with Gasteiger partial charge in [0.1, 0.15) is 5.56 Å². The molecule has 1 fully saturated rings. The van der Waals surface area contributed by atoms with E-state index < -0.39 is 0 Å². The molecule has 1 heterocycles. The van der Waals surface area contributed by atoms with Gasteiger partial charge in [0.05, 0.1) is 10.9 Å². The Balaban J connectivity index is 1.99. The minimum atomic E-state index is -0.297. The zero-order chi connectivity index (χ0) is 16.6. The van der Waals surface area contributed by atoms with E-state index in [9.17, 15) is 9.59 Å². The van der Waals surface area contributed by atoms with E-state index in [1.54, 1.807) is 22.9 Å². The van der Waals surface area contributed by atoms with Crippen LogP contribution in [-0.4, -0.2) is 16.5 Å². The summed E-state index contributed by atoms with van der Waals surface area (Å²) in [6, 6.07) is 5.47. The number of nitrogens with one attached hydrogen (secondary N) is 1. The van der Waals surface area contributed by atoms with E-state index in [4.69, 9.17) is 5.73 Å². The van der Waals surface area contributed by atoms with E-state index in [1.165, 1.54) is 6.42 Å². The molecule has 2 atom stereocenters. The number of benzene rings is 1. The van der Waals surface area contributed by atoms with Crippen molar-refractivity contribution in [2.24, 2.45) is 13.0 Å². The van der Waals surface area contributed by atoms with Gasteiger partial charge in [-0.15, -0.1) is 0 Å². The zero-order valence-electron chi connectivity index (χ0n) is 13.6. The molecule has 0 bridgehead atoms. The van der Waals surface area contributed by atoms with Crippen molar-refractivity contribution in [3.05, 3.63) is 40.2 Å². The molecule has 1 aliphatic rings. The van der Waals surface area contributed by atoms with Gasteiger partial charge in [0, 0.05) is 25.0 Å². The molecule has 5 nitrogen and oxygen atoms in total. The summed E-state index contributed by atoms with van der Waals surface area (Å²) >= 11 is 0. The summed E-state index contributed by atoms with van der Waals surface area (Å²) in [5, 5.41) is 3.46. The maximum atomic E-state index is 12.7. The van der Waals surface area contributed by atoms with Crippen LogP contribution in [0.5, 0.6) is 0 Å². The smallest absolute Gasteiger partial charge is 0.257 e. The second-order valence-corrected chi connectivity index (χ2v) is 6.57. The van der Waals surface area contributed by atoms with E-state index in [0.29, 0.717) is 17.0 Å². The van der Waals surface area contributed by atoms with Crippen LogP contribution in [0.15, 0.2) is 29.2 Å². The Morgan fingerprint density at radius 2 is 2.04 bits per heavy atom. The number of amides is 1. The number of fused-ring (bicyclic) bond motifs is 1. The second-order valence-electron chi connectivity index (χ2n) is 6.57. The van der Waals surface area contributed by atoms with Gasteiger partial charge in [-0.2, -0.15) is 0 Å². The summed E-state index contributed by atoms with van der Waals surface area (Å²) in [5.41, 5.74) is 6.96. The van der Waals surface area contributed by atoms with Gasteiger partial charge < -0.3 is 15.6 Å². The van der Waals surface area contributed by atoms with Gasteiger partial charge in [-0.25, -0.2) is 0 Å². The van der Waals surface area contributed by atoms with E-state index >= 15 is 0 Å². The molecule has 0 saturated heterocycles. The van der Waals surface area contributed by atoms with Crippen molar-refractivity contribution >= 4 is 22.5 Å². The summed E-state index contributed by atoms with van der Waals surface area (Å²) < 4.78 is 1.78. The first-order valence-corrected chi connectivity index (χ1v) is 8.17. The lowest BCUT2D eigenvalue weighted by Gasteiger charge is -2.29. The molecule has 1 saturated carbocycles. The fraction of sp³-hybridized carbons (Fsp3) is 0.444. The molecular weight excluding hydrogens is 290 g/mol. The van der Waals surface area contributed by atoms with E-state index in [0.717, 1.165) is 24.8 Å². The number of nitrogens with zero attached hydrogens (tertiary/aromatic N) is 1. The van der Waals surface area contributed by atoms with Crippen LogP contribution in [0.1, 0.15) is 43.0 Å². The monoisotopic (exact) mass is 313 g/mol. The Morgan fingerprint density at radius 3 is 2.78 bits per heavy atom. The molecule has 0 aliphatic heterocycles.